The summed E-state index contributed by atoms with van der Waals surface area (Å²) >= 11 is 0. The zero-order valence-corrected chi connectivity index (χ0v) is 9.32. The van der Waals surface area contributed by atoms with Crippen LogP contribution in [-0.2, 0) is 0 Å². The van der Waals surface area contributed by atoms with Crippen molar-refractivity contribution in [2.24, 2.45) is 0 Å². The second-order valence-electron chi connectivity index (χ2n) is 2.62. The van der Waals surface area contributed by atoms with Crippen LogP contribution in [0.4, 0.5) is 0 Å². The van der Waals surface area contributed by atoms with Crippen LogP contribution in [0.1, 0.15) is 0 Å². The summed E-state index contributed by atoms with van der Waals surface area (Å²) in [6.45, 7) is 0. The average Bonchev–Trinajstić information content (AvgIpc) is 2.21. The van der Waals surface area contributed by atoms with Crippen LogP contribution in [0, 0.1) is 0 Å². The fourth-order valence-corrected chi connectivity index (χ4v) is 1.17. The molecule has 0 aliphatic heterocycles. The van der Waals surface area contributed by atoms with Gasteiger partial charge in [-0.05, 0) is 0 Å². The molecule has 0 spiro atoms. The Labute approximate surface area is 88.5 Å². The molecule has 0 atom stereocenters. The number of nitrogens with zero attached hydrogens (tertiary/aromatic N) is 1. The third kappa shape index (κ3) is 2.41. The van der Waals surface area contributed by atoms with Crippen molar-refractivity contribution in [2.75, 3.05) is 0 Å². The molecule has 0 aliphatic carbocycles. The Bertz CT molecular complexity index is 307. The predicted octanol–water partition coefficient (Wildman–Crippen LogP) is 1.05. The number of hydrogen-bond donors (Lipinski definition) is 0. The van der Waals surface area contributed by atoms with Gasteiger partial charge in [-0.3, -0.25) is 0 Å². The van der Waals surface area contributed by atoms with E-state index in [1.54, 1.807) is 0 Å². The maximum absolute atomic E-state index is 2.08. The molecule has 2 heteroatoms. The number of hydrogen-bond acceptors (Lipinski definition) is 0. The summed E-state index contributed by atoms with van der Waals surface area (Å²) in [6.07, 6.45) is 4.07. The van der Waals surface area contributed by atoms with Crippen molar-refractivity contribution in [1.29, 1.82) is 0 Å². The summed E-state index contributed by atoms with van der Waals surface area (Å²) in [4.78, 5) is 0. The van der Waals surface area contributed by atoms with Crippen LogP contribution in [0.25, 0.3) is 5.69 Å². The first-order chi connectivity index (χ1) is 5.97. The maximum atomic E-state index is 2.08. The van der Waals surface area contributed by atoms with Gasteiger partial charge in [-0.15, -0.1) is 0 Å². The molecular weight excluding hydrogens is 225 g/mol. The van der Waals surface area contributed by atoms with Gasteiger partial charge >= 0.3 is 17.1 Å². The standard InChI is InChI=1S/C11H10N.H2Se/c1-3-7-11(8-4-1)12-9-5-2-6-10-12;/h1-10H;1H2/q+1;. The molecule has 0 radical (unpaired) electrons. The van der Waals surface area contributed by atoms with E-state index in [0.717, 1.165) is 0 Å². The topological polar surface area (TPSA) is 3.88 Å². The zero-order valence-electron chi connectivity index (χ0n) is 7.22. The fourth-order valence-electron chi connectivity index (χ4n) is 1.17. The van der Waals surface area contributed by atoms with Gasteiger partial charge in [0.05, 0.1) is 0 Å². The fraction of sp³-hybridized carbons (Fsp3) is 0. The minimum Gasteiger partial charge on any atom is -0.167 e. The summed E-state index contributed by atoms with van der Waals surface area (Å²) in [5.41, 5.74) is 1.19. The molecule has 0 unspecified atom stereocenters. The van der Waals surface area contributed by atoms with Crippen LogP contribution < -0.4 is 4.57 Å². The second-order valence-corrected chi connectivity index (χ2v) is 2.62. The van der Waals surface area contributed by atoms with E-state index in [2.05, 4.69) is 16.7 Å². The number of para-hydroxylation sites is 1. The van der Waals surface area contributed by atoms with Crippen molar-refractivity contribution in [1.82, 2.24) is 0 Å². The summed E-state index contributed by atoms with van der Waals surface area (Å²) in [6, 6.07) is 16.3. The SMILES string of the molecule is [SeH2].c1ccc(-[n+]2ccccc2)cc1. The van der Waals surface area contributed by atoms with Gasteiger partial charge in [0, 0.05) is 24.3 Å². The molecule has 1 nitrogen and oxygen atoms in total. The number of rotatable bonds is 1. The molecule has 2 aromatic rings. The van der Waals surface area contributed by atoms with Gasteiger partial charge in [0.1, 0.15) is 0 Å². The number of pyridine rings is 1. The van der Waals surface area contributed by atoms with E-state index in [1.807, 2.05) is 48.8 Å². The van der Waals surface area contributed by atoms with Crippen molar-refractivity contribution < 1.29 is 4.57 Å². The first-order valence-electron chi connectivity index (χ1n) is 3.98. The summed E-state index contributed by atoms with van der Waals surface area (Å²) in [5.74, 6) is 0. The number of benzene rings is 1. The summed E-state index contributed by atoms with van der Waals surface area (Å²) < 4.78 is 2.08. The molecule has 66 valence electrons. The Hall–Kier alpha value is -1.11. The van der Waals surface area contributed by atoms with Crippen LogP contribution in [0.3, 0.4) is 0 Å². The van der Waals surface area contributed by atoms with E-state index in [9.17, 15) is 0 Å². The first-order valence-corrected chi connectivity index (χ1v) is 3.98. The van der Waals surface area contributed by atoms with Gasteiger partial charge in [0.25, 0.3) is 0 Å². The molecule has 0 saturated heterocycles. The Balaban J connectivity index is 0.000000845. The normalized spacial score (nSPS) is 8.92. The Morgan fingerprint density at radius 3 is 1.85 bits per heavy atom. The van der Waals surface area contributed by atoms with Crippen molar-refractivity contribution in [3.8, 4) is 5.69 Å². The third-order valence-corrected chi connectivity index (χ3v) is 1.77. The molecule has 0 N–H and O–H groups in total. The van der Waals surface area contributed by atoms with Gasteiger partial charge in [-0.25, -0.2) is 0 Å². The van der Waals surface area contributed by atoms with E-state index in [-0.39, 0.29) is 17.1 Å². The second kappa shape index (κ2) is 4.80. The Kier molecular flexibility index (Phi) is 3.69. The maximum Gasteiger partial charge on any atom is 0.210 e. The molecule has 0 aliphatic rings. The van der Waals surface area contributed by atoms with Gasteiger partial charge in [0.15, 0.2) is 12.4 Å². The number of aromatic nitrogens is 1. The van der Waals surface area contributed by atoms with Gasteiger partial charge in [0.2, 0.25) is 5.69 Å². The zero-order chi connectivity index (χ0) is 8.23. The van der Waals surface area contributed by atoms with Crippen LogP contribution >= 0.6 is 0 Å². The Morgan fingerprint density at radius 2 is 1.23 bits per heavy atom. The minimum atomic E-state index is 0. The van der Waals surface area contributed by atoms with E-state index in [0.29, 0.717) is 0 Å². The van der Waals surface area contributed by atoms with Crippen molar-refractivity contribution in [3.05, 3.63) is 60.9 Å². The molecule has 0 amide bonds. The largest absolute Gasteiger partial charge is 0.210 e. The van der Waals surface area contributed by atoms with Gasteiger partial charge < -0.3 is 0 Å². The van der Waals surface area contributed by atoms with E-state index in [1.165, 1.54) is 5.69 Å². The Morgan fingerprint density at radius 1 is 0.692 bits per heavy atom. The van der Waals surface area contributed by atoms with E-state index >= 15 is 0 Å². The molecule has 0 saturated carbocycles. The smallest absolute Gasteiger partial charge is 0.167 e. The van der Waals surface area contributed by atoms with Crippen LogP contribution in [0.5, 0.6) is 0 Å². The van der Waals surface area contributed by atoms with E-state index in [4.69, 9.17) is 0 Å². The van der Waals surface area contributed by atoms with Crippen LogP contribution in [-0.4, -0.2) is 17.1 Å². The first kappa shape index (κ1) is 9.97. The summed E-state index contributed by atoms with van der Waals surface area (Å²) in [5, 5.41) is 0. The average molecular weight is 237 g/mol. The quantitative estimate of drug-likeness (QED) is 0.515. The van der Waals surface area contributed by atoms with E-state index < -0.39 is 0 Å². The monoisotopic (exact) mass is 238 g/mol. The van der Waals surface area contributed by atoms with Crippen LogP contribution in [0.15, 0.2) is 60.9 Å². The van der Waals surface area contributed by atoms with Gasteiger partial charge in [-0.2, -0.15) is 4.57 Å². The molecule has 1 heterocycles. The van der Waals surface area contributed by atoms with Crippen molar-refractivity contribution in [3.63, 3.8) is 0 Å². The summed E-state index contributed by atoms with van der Waals surface area (Å²) in [7, 11) is 0. The molecular formula is C11H12NSe+. The van der Waals surface area contributed by atoms with Gasteiger partial charge in [-0.1, -0.05) is 24.3 Å². The molecule has 0 fully saturated rings. The molecule has 2 rings (SSSR count). The van der Waals surface area contributed by atoms with Crippen molar-refractivity contribution >= 4 is 17.1 Å². The third-order valence-electron chi connectivity index (χ3n) is 1.77. The molecule has 1 aromatic carbocycles. The molecule has 0 bridgehead atoms. The minimum absolute atomic E-state index is 0. The van der Waals surface area contributed by atoms with Crippen LogP contribution in [0.2, 0.25) is 0 Å². The molecule has 1 aromatic heterocycles. The van der Waals surface area contributed by atoms with Crippen molar-refractivity contribution in [2.45, 2.75) is 0 Å². The predicted molar refractivity (Wildman–Crippen MR) is 56.5 cm³/mol. The molecule has 13 heavy (non-hydrogen) atoms.